The molecule has 0 radical (unpaired) electrons. The summed E-state index contributed by atoms with van der Waals surface area (Å²) >= 11 is 5.69. The predicted molar refractivity (Wildman–Crippen MR) is 54.2 cm³/mol. The standard InChI is InChI=1S/C10H12ClNO2/c1-2-14-10(13)4-3-8-5-6-12-9(11)7-8/h5-7H,2-4H2,1H3. The summed E-state index contributed by atoms with van der Waals surface area (Å²) in [4.78, 5) is 14.9. The zero-order chi connectivity index (χ0) is 10.4. The third-order valence-electron chi connectivity index (χ3n) is 1.71. The molecule has 0 spiro atoms. The second-order valence-electron chi connectivity index (χ2n) is 2.79. The fraction of sp³-hybridized carbons (Fsp3) is 0.400. The van der Waals surface area contributed by atoms with E-state index in [9.17, 15) is 4.79 Å². The van der Waals surface area contributed by atoms with Crippen molar-refractivity contribution in [2.45, 2.75) is 19.8 Å². The van der Waals surface area contributed by atoms with Crippen LogP contribution in [-0.4, -0.2) is 17.6 Å². The van der Waals surface area contributed by atoms with Gasteiger partial charge in [-0.3, -0.25) is 4.79 Å². The van der Waals surface area contributed by atoms with E-state index < -0.39 is 0 Å². The summed E-state index contributed by atoms with van der Waals surface area (Å²) in [5, 5.41) is 0.450. The zero-order valence-corrected chi connectivity index (χ0v) is 8.75. The number of ether oxygens (including phenoxy) is 1. The molecule has 0 bridgehead atoms. The third kappa shape index (κ3) is 3.75. The van der Waals surface area contributed by atoms with Crippen LogP contribution in [-0.2, 0) is 16.0 Å². The van der Waals surface area contributed by atoms with E-state index in [0.717, 1.165) is 5.56 Å². The Morgan fingerprint density at radius 2 is 2.43 bits per heavy atom. The predicted octanol–water partition coefficient (Wildman–Crippen LogP) is 2.23. The molecule has 3 nitrogen and oxygen atoms in total. The van der Waals surface area contributed by atoms with Gasteiger partial charge in [0.25, 0.3) is 0 Å². The Morgan fingerprint density at radius 3 is 3.07 bits per heavy atom. The van der Waals surface area contributed by atoms with Gasteiger partial charge in [-0.1, -0.05) is 11.6 Å². The molecule has 0 N–H and O–H groups in total. The number of aryl methyl sites for hydroxylation is 1. The minimum atomic E-state index is -0.180. The van der Waals surface area contributed by atoms with E-state index in [1.54, 1.807) is 19.2 Å². The fourth-order valence-electron chi connectivity index (χ4n) is 1.08. The Kier molecular flexibility index (Phi) is 4.40. The molecule has 0 unspecified atom stereocenters. The maximum Gasteiger partial charge on any atom is 0.306 e. The van der Waals surface area contributed by atoms with Crippen molar-refractivity contribution < 1.29 is 9.53 Å². The summed E-state index contributed by atoms with van der Waals surface area (Å²) in [6.45, 7) is 2.22. The van der Waals surface area contributed by atoms with Crippen molar-refractivity contribution in [3.05, 3.63) is 29.0 Å². The molecular weight excluding hydrogens is 202 g/mol. The first-order chi connectivity index (χ1) is 6.72. The van der Waals surface area contributed by atoms with Gasteiger partial charge in [0, 0.05) is 12.6 Å². The van der Waals surface area contributed by atoms with Gasteiger partial charge in [0.2, 0.25) is 0 Å². The van der Waals surface area contributed by atoms with Gasteiger partial charge in [-0.2, -0.15) is 0 Å². The molecule has 0 fully saturated rings. The van der Waals surface area contributed by atoms with E-state index in [4.69, 9.17) is 16.3 Å². The van der Waals surface area contributed by atoms with E-state index in [1.165, 1.54) is 0 Å². The van der Waals surface area contributed by atoms with Crippen molar-refractivity contribution in [1.29, 1.82) is 0 Å². The highest BCUT2D eigenvalue weighted by molar-refractivity contribution is 6.29. The summed E-state index contributed by atoms with van der Waals surface area (Å²) in [5.41, 5.74) is 0.998. The number of halogens is 1. The first kappa shape index (κ1) is 11.0. The van der Waals surface area contributed by atoms with Crippen LogP contribution in [0.25, 0.3) is 0 Å². The van der Waals surface area contributed by atoms with Crippen LogP contribution < -0.4 is 0 Å². The fourth-order valence-corrected chi connectivity index (χ4v) is 1.27. The lowest BCUT2D eigenvalue weighted by atomic mass is 10.1. The number of aromatic nitrogens is 1. The largest absolute Gasteiger partial charge is 0.466 e. The lowest BCUT2D eigenvalue weighted by Crippen LogP contribution is -2.05. The summed E-state index contributed by atoms with van der Waals surface area (Å²) in [5.74, 6) is -0.180. The molecule has 0 aliphatic rings. The minimum absolute atomic E-state index is 0.180. The Labute approximate surface area is 88.1 Å². The molecule has 0 aliphatic heterocycles. The normalized spacial score (nSPS) is 9.86. The van der Waals surface area contributed by atoms with Crippen molar-refractivity contribution in [2.24, 2.45) is 0 Å². The van der Waals surface area contributed by atoms with E-state index in [-0.39, 0.29) is 5.97 Å². The number of rotatable bonds is 4. The van der Waals surface area contributed by atoms with Gasteiger partial charge in [-0.05, 0) is 31.0 Å². The first-order valence-electron chi connectivity index (χ1n) is 4.48. The number of nitrogens with zero attached hydrogens (tertiary/aromatic N) is 1. The average Bonchev–Trinajstić information content (AvgIpc) is 2.15. The zero-order valence-electron chi connectivity index (χ0n) is 8.00. The summed E-state index contributed by atoms with van der Waals surface area (Å²) < 4.78 is 4.81. The van der Waals surface area contributed by atoms with Crippen LogP contribution in [0.15, 0.2) is 18.3 Å². The number of carbonyl (C=O) groups excluding carboxylic acids is 1. The monoisotopic (exact) mass is 213 g/mol. The summed E-state index contributed by atoms with van der Waals surface area (Å²) in [6.07, 6.45) is 2.65. The van der Waals surface area contributed by atoms with Gasteiger partial charge in [-0.15, -0.1) is 0 Å². The van der Waals surface area contributed by atoms with E-state index in [1.807, 2.05) is 6.07 Å². The molecule has 0 amide bonds. The quantitative estimate of drug-likeness (QED) is 0.569. The molecule has 0 saturated heterocycles. The van der Waals surface area contributed by atoms with Crippen LogP contribution in [0.4, 0.5) is 0 Å². The van der Waals surface area contributed by atoms with Crippen molar-refractivity contribution in [3.63, 3.8) is 0 Å². The lowest BCUT2D eigenvalue weighted by Gasteiger charge is -2.01. The van der Waals surface area contributed by atoms with Crippen LogP contribution in [0.3, 0.4) is 0 Å². The summed E-state index contributed by atoms with van der Waals surface area (Å²) in [7, 11) is 0. The smallest absolute Gasteiger partial charge is 0.306 e. The molecule has 1 aromatic heterocycles. The number of hydrogen-bond acceptors (Lipinski definition) is 3. The van der Waals surface area contributed by atoms with Gasteiger partial charge in [-0.25, -0.2) is 4.98 Å². The second-order valence-corrected chi connectivity index (χ2v) is 3.18. The van der Waals surface area contributed by atoms with Gasteiger partial charge in [0.15, 0.2) is 0 Å². The van der Waals surface area contributed by atoms with Gasteiger partial charge >= 0.3 is 5.97 Å². The molecule has 1 rings (SSSR count). The Morgan fingerprint density at radius 1 is 1.64 bits per heavy atom. The number of pyridine rings is 1. The summed E-state index contributed by atoms with van der Waals surface area (Å²) in [6, 6.07) is 3.59. The first-order valence-corrected chi connectivity index (χ1v) is 4.86. The van der Waals surface area contributed by atoms with Crippen LogP contribution in [0, 0.1) is 0 Å². The maximum atomic E-state index is 11.0. The van der Waals surface area contributed by atoms with E-state index in [0.29, 0.717) is 24.6 Å². The average molecular weight is 214 g/mol. The van der Waals surface area contributed by atoms with Gasteiger partial charge in [0.05, 0.1) is 6.61 Å². The second kappa shape index (κ2) is 5.60. The Hall–Kier alpha value is -1.09. The molecule has 0 aromatic carbocycles. The van der Waals surface area contributed by atoms with E-state index >= 15 is 0 Å². The highest BCUT2D eigenvalue weighted by Gasteiger charge is 2.02. The lowest BCUT2D eigenvalue weighted by molar-refractivity contribution is -0.143. The highest BCUT2D eigenvalue weighted by atomic mass is 35.5. The van der Waals surface area contributed by atoms with Gasteiger partial charge in [0.1, 0.15) is 5.15 Å². The molecule has 1 aromatic rings. The molecule has 76 valence electrons. The van der Waals surface area contributed by atoms with Crippen LogP contribution in [0.5, 0.6) is 0 Å². The van der Waals surface area contributed by atoms with Crippen LogP contribution in [0.2, 0.25) is 5.15 Å². The topological polar surface area (TPSA) is 39.2 Å². The van der Waals surface area contributed by atoms with Crippen molar-refractivity contribution in [1.82, 2.24) is 4.98 Å². The molecule has 0 atom stereocenters. The Balaban J connectivity index is 2.41. The number of carbonyl (C=O) groups is 1. The molecule has 14 heavy (non-hydrogen) atoms. The highest BCUT2D eigenvalue weighted by Crippen LogP contribution is 2.09. The van der Waals surface area contributed by atoms with Crippen LogP contribution >= 0.6 is 11.6 Å². The van der Waals surface area contributed by atoms with Crippen molar-refractivity contribution in [2.75, 3.05) is 6.61 Å². The van der Waals surface area contributed by atoms with E-state index in [2.05, 4.69) is 4.98 Å². The molecule has 1 heterocycles. The molecule has 4 heteroatoms. The SMILES string of the molecule is CCOC(=O)CCc1ccnc(Cl)c1. The third-order valence-corrected chi connectivity index (χ3v) is 1.92. The van der Waals surface area contributed by atoms with Crippen molar-refractivity contribution >= 4 is 17.6 Å². The van der Waals surface area contributed by atoms with Gasteiger partial charge < -0.3 is 4.74 Å². The minimum Gasteiger partial charge on any atom is -0.466 e. The molecular formula is C10H12ClNO2. The molecule has 0 saturated carbocycles. The van der Waals surface area contributed by atoms with Crippen molar-refractivity contribution in [3.8, 4) is 0 Å². The molecule has 0 aliphatic carbocycles. The number of hydrogen-bond donors (Lipinski definition) is 0. The maximum absolute atomic E-state index is 11.0. The van der Waals surface area contributed by atoms with Crippen LogP contribution in [0.1, 0.15) is 18.9 Å². The Bertz CT molecular complexity index is 315. The number of esters is 1.